The number of benzene rings is 3. The molecule has 0 heterocycles. The number of hydrogen-bond acceptors (Lipinski definition) is 3. The van der Waals surface area contributed by atoms with Crippen molar-refractivity contribution in [1.82, 2.24) is 0 Å². The Bertz CT molecular complexity index is 754. The second kappa shape index (κ2) is 8.57. The standard InChI is InChI=1S/C22H23O3P/c1-2-22(25-26(23)24,20-16-10-5-11-17-20)21(18-12-6-3-7-13-18)19-14-8-4-9-15-19/h3-17,21,23-24H,2H2,1H3. The van der Waals surface area contributed by atoms with E-state index in [1.165, 1.54) is 0 Å². The van der Waals surface area contributed by atoms with Crippen molar-refractivity contribution >= 4 is 8.60 Å². The maximum atomic E-state index is 9.82. The minimum Gasteiger partial charge on any atom is -0.328 e. The third kappa shape index (κ3) is 3.87. The van der Waals surface area contributed by atoms with Crippen LogP contribution in [0.3, 0.4) is 0 Å². The van der Waals surface area contributed by atoms with Crippen molar-refractivity contribution in [2.75, 3.05) is 0 Å². The molecule has 1 unspecified atom stereocenters. The summed E-state index contributed by atoms with van der Waals surface area (Å²) in [5.74, 6) is -0.179. The van der Waals surface area contributed by atoms with Crippen LogP contribution in [0.5, 0.6) is 0 Å². The molecule has 134 valence electrons. The van der Waals surface area contributed by atoms with Crippen LogP contribution in [-0.4, -0.2) is 9.79 Å². The molecule has 3 rings (SSSR count). The highest BCUT2D eigenvalue weighted by Crippen LogP contribution is 2.52. The Morgan fingerprint density at radius 1 is 0.769 bits per heavy atom. The fraction of sp³-hybridized carbons (Fsp3) is 0.182. The summed E-state index contributed by atoms with van der Waals surface area (Å²) in [5.41, 5.74) is 2.18. The minimum absolute atomic E-state index is 0.179. The summed E-state index contributed by atoms with van der Waals surface area (Å²) in [6.07, 6.45) is 0.589. The van der Waals surface area contributed by atoms with E-state index in [-0.39, 0.29) is 5.92 Å². The SMILES string of the molecule is CCC(OP(O)O)(c1ccccc1)C(c1ccccc1)c1ccccc1. The maximum absolute atomic E-state index is 9.82. The lowest BCUT2D eigenvalue weighted by atomic mass is 9.72. The van der Waals surface area contributed by atoms with E-state index in [2.05, 4.69) is 24.3 Å². The summed E-state index contributed by atoms with van der Waals surface area (Å²) in [4.78, 5) is 19.6. The second-order valence-corrected chi connectivity index (χ2v) is 6.90. The van der Waals surface area contributed by atoms with Gasteiger partial charge in [0.25, 0.3) is 0 Å². The fourth-order valence-electron chi connectivity index (χ4n) is 3.63. The third-order valence-corrected chi connectivity index (χ3v) is 5.25. The maximum Gasteiger partial charge on any atom is 0.327 e. The molecule has 1 atom stereocenters. The Kier molecular flexibility index (Phi) is 6.18. The van der Waals surface area contributed by atoms with Gasteiger partial charge in [0.05, 0.1) is 0 Å². The van der Waals surface area contributed by atoms with Crippen LogP contribution in [0.15, 0.2) is 91.0 Å². The zero-order chi connectivity index (χ0) is 18.4. The smallest absolute Gasteiger partial charge is 0.327 e. The predicted octanol–water partition coefficient (Wildman–Crippen LogP) is 5.35. The van der Waals surface area contributed by atoms with Crippen molar-refractivity contribution in [2.45, 2.75) is 24.9 Å². The zero-order valence-electron chi connectivity index (χ0n) is 14.7. The summed E-state index contributed by atoms with van der Waals surface area (Å²) in [6.45, 7) is 2.02. The van der Waals surface area contributed by atoms with E-state index < -0.39 is 14.2 Å². The van der Waals surface area contributed by atoms with E-state index in [1.54, 1.807) is 0 Å². The average Bonchev–Trinajstić information content (AvgIpc) is 2.69. The molecule has 0 aliphatic carbocycles. The van der Waals surface area contributed by atoms with Gasteiger partial charge in [0.2, 0.25) is 0 Å². The van der Waals surface area contributed by atoms with Gasteiger partial charge in [0.1, 0.15) is 5.60 Å². The summed E-state index contributed by atoms with van der Waals surface area (Å²) in [6, 6.07) is 30.0. The molecule has 26 heavy (non-hydrogen) atoms. The van der Waals surface area contributed by atoms with Gasteiger partial charge in [0.15, 0.2) is 0 Å². The van der Waals surface area contributed by atoms with E-state index >= 15 is 0 Å². The predicted molar refractivity (Wildman–Crippen MR) is 106 cm³/mol. The van der Waals surface area contributed by atoms with Crippen molar-refractivity contribution in [1.29, 1.82) is 0 Å². The van der Waals surface area contributed by atoms with E-state index in [4.69, 9.17) is 4.52 Å². The monoisotopic (exact) mass is 366 g/mol. The van der Waals surface area contributed by atoms with Crippen molar-refractivity contribution < 1.29 is 14.3 Å². The van der Waals surface area contributed by atoms with Crippen LogP contribution in [0.2, 0.25) is 0 Å². The Labute approximate surface area is 155 Å². The minimum atomic E-state index is -2.53. The summed E-state index contributed by atoms with van der Waals surface area (Å²) in [5, 5.41) is 0. The molecule has 0 aliphatic rings. The Hall–Kier alpha value is -2.03. The van der Waals surface area contributed by atoms with Crippen LogP contribution >= 0.6 is 8.60 Å². The molecule has 0 fully saturated rings. The van der Waals surface area contributed by atoms with Gasteiger partial charge in [-0.15, -0.1) is 0 Å². The van der Waals surface area contributed by atoms with Crippen LogP contribution in [-0.2, 0) is 10.1 Å². The summed E-state index contributed by atoms with van der Waals surface area (Å²) < 4.78 is 5.92. The molecule has 0 saturated carbocycles. The molecule has 0 saturated heterocycles. The Morgan fingerprint density at radius 2 is 1.19 bits per heavy atom. The van der Waals surface area contributed by atoms with E-state index in [0.29, 0.717) is 6.42 Å². The normalized spacial score (nSPS) is 13.7. The first kappa shape index (κ1) is 18.8. The van der Waals surface area contributed by atoms with Gasteiger partial charge in [-0.05, 0) is 23.1 Å². The molecule has 3 aromatic rings. The van der Waals surface area contributed by atoms with Crippen molar-refractivity contribution in [3.8, 4) is 0 Å². The molecule has 0 aromatic heterocycles. The van der Waals surface area contributed by atoms with Crippen LogP contribution in [0.25, 0.3) is 0 Å². The van der Waals surface area contributed by atoms with Gasteiger partial charge in [-0.2, -0.15) is 0 Å². The van der Waals surface area contributed by atoms with Gasteiger partial charge in [0, 0.05) is 5.92 Å². The van der Waals surface area contributed by atoms with E-state index in [0.717, 1.165) is 16.7 Å². The first-order valence-electron chi connectivity index (χ1n) is 8.70. The summed E-state index contributed by atoms with van der Waals surface area (Å²) >= 11 is 0. The lowest BCUT2D eigenvalue weighted by Gasteiger charge is -2.41. The average molecular weight is 366 g/mol. The molecule has 4 heteroatoms. The highest BCUT2D eigenvalue weighted by atomic mass is 31.2. The number of hydrogen-bond donors (Lipinski definition) is 2. The van der Waals surface area contributed by atoms with Gasteiger partial charge in [-0.1, -0.05) is 97.9 Å². The number of rotatable bonds is 7. The van der Waals surface area contributed by atoms with Gasteiger partial charge in [-0.25, -0.2) is 0 Å². The van der Waals surface area contributed by atoms with Crippen LogP contribution in [0.4, 0.5) is 0 Å². The molecular weight excluding hydrogens is 343 g/mol. The molecular formula is C22H23O3P. The lowest BCUT2D eigenvalue weighted by molar-refractivity contribution is 0.0306. The molecule has 3 nitrogen and oxygen atoms in total. The van der Waals surface area contributed by atoms with Gasteiger partial charge < -0.3 is 9.79 Å². The van der Waals surface area contributed by atoms with Crippen LogP contribution in [0.1, 0.15) is 36.0 Å². The molecule has 0 bridgehead atoms. The lowest BCUT2D eigenvalue weighted by Crippen LogP contribution is -2.35. The Balaban J connectivity index is 2.25. The van der Waals surface area contributed by atoms with E-state index in [9.17, 15) is 9.79 Å². The first-order valence-corrected chi connectivity index (χ1v) is 9.86. The fourth-order valence-corrected chi connectivity index (χ4v) is 4.26. The molecule has 0 spiro atoms. The molecule has 0 radical (unpaired) electrons. The summed E-state index contributed by atoms with van der Waals surface area (Å²) in [7, 11) is -2.53. The largest absolute Gasteiger partial charge is 0.328 e. The topological polar surface area (TPSA) is 49.7 Å². The highest BCUT2D eigenvalue weighted by molar-refractivity contribution is 7.39. The van der Waals surface area contributed by atoms with E-state index in [1.807, 2.05) is 73.7 Å². The molecule has 0 aliphatic heterocycles. The molecule has 3 aromatic carbocycles. The van der Waals surface area contributed by atoms with Gasteiger partial charge >= 0.3 is 8.60 Å². The first-order chi connectivity index (χ1) is 12.7. The van der Waals surface area contributed by atoms with Crippen molar-refractivity contribution in [3.05, 3.63) is 108 Å². The van der Waals surface area contributed by atoms with Crippen LogP contribution < -0.4 is 0 Å². The molecule has 2 N–H and O–H groups in total. The van der Waals surface area contributed by atoms with Crippen molar-refractivity contribution in [3.63, 3.8) is 0 Å². The Morgan fingerprint density at radius 3 is 1.58 bits per heavy atom. The van der Waals surface area contributed by atoms with Crippen molar-refractivity contribution in [2.24, 2.45) is 0 Å². The van der Waals surface area contributed by atoms with Gasteiger partial charge in [-0.3, -0.25) is 4.52 Å². The second-order valence-electron chi connectivity index (χ2n) is 6.21. The van der Waals surface area contributed by atoms with Crippen LogP contribution in [0, 0.1) is 0 Å². The highest BCUT2D eigenvalue weighted by Gasteiger charge is 2.44. The zero-order valence-corrected chi connectivity index (χ0v) is 15.6. The molecule has 0 amide bonds. The third-order valence-electron chi connectivity index (χ3n) is 4.76. The quantitative estimate of drug-likeness (QED) is 0.554.